The molecule has 1 unspecified atom stereocenters. The monoisotopic (exact) mass is 307 g/mol. The van der Waals surface area contributed by atoms with Crippen LogP contribution in [0.25, 0.3) is 0 Å². The van der Waals surface area contributed by atoms with E-state index in [2.05, 4.69) is 18.9 Å². The molecule has 1 amide bonds. The fraction of sp³-hybridized carbons (Fsp3) is 0.688. The normalized spacial score (nSPS) is 15.9. The van der Waals surface area contributed by atoms with E-state index in [9.17, 15) is 14.7 Å². The van der Waals surface area contributed by atoms with Gasteiger partial charge in [-0.3, -0.25) is 9.48 Å². The van der Waals surface area contributed by atoms with Crippen LogP contribution in [0.4, 0.5) is 0 Å². The summed E-state index contributed by atoms with van der Waals surface area (Å²) >= 11 is 0. The van der Waals surface area contributed by atoms with Gasteiger partial charge in [-0.15, -0.1) is 0 Å². The van der Waals surface area contributed by atoms with Crippen LogP contribution in [0.2, 0.25) is 0 Å². The number of amides is 1. The maximum absolute atomic E-state index is 12.8. The molecule has 0 spiro atoms. The summed E-state index contributed by atoms with van der Waals surface area (Å²) in [5.74, 6) is -1.18. The Hall–Kier alpha value is -1.85. The molecule has 1 aromatic heterocycles. The molecule has 0 bridgehead atoms. The highest BCUT2D eigenvalue weighted by molar-refractivity contribution is 5.97. The molecule has 1 N–H and O–H groups in total. The Morgan fingerprint density at radius 2 is 2.00 bits per heavy atom. The van der Waals surface area contributed by atoms with Gasteiger partial charge in [0.25, 0.3) is 5.91 Å². The molecule has 6 nitrogen and oxygen atoms in total. The number of aliphatic carboxylic acids is 1. The Morgan fingerprint density at radius 3 is 2.45 bits per heavy atom. The van der Waals surface area contributed by atoms with Crippen LogP contribution in [0.1, 0.15) is 68.5 Å². The minimum Gasteiger partial charge on any atom is -0.480 e. The van der Waals surface area contributed by atoms with Crippen molar-refractivity contribution in [2.45, 2.75) is 71.5 Å². The highest BCUT2D eigenvalue weighted by atomic mass is 16.4. The van der Waals surface area contributed by atoms with Crippen LogP contribution in [0.15, 0.2) is 6.20 Å². The van der Waals surface area contributed by atoms with Gasteiger partial charge in [-0.2, -0.15) is 5.10 Å². The van der Waals surface area contributed by atoms with Crippen molar-refractivity contribution >= 4 is 11.9 Å². The summed E-state index contributed by atoms with van der Waals surface area (Å²) in [5.41, 5.74) is 1.34. The first-order valence-electron chi connectivity index (χ1n) is 8.01. The van der Waals surface area contributed by atoms with Crippen molar-refractivity contribution in [2.24, 2.45) is 0 Å². The van der Waals surface area contributed by atoms with Gasteiger partial charge in [0, 0.05) is 11.7 Å². The summed E-state index contributed by atoms with van der Waals surface area (Å²) in [4.78, 5) is 25.6. The van der Waals surface area contributed by atoms with Crippen molar-refractivity contribution < 1.29 is 14.7 Å². The molecule has 1 saturated carbocycles. The van der Waals surface area contributed by atoms with Crippen molar-refractivity contribution in [3.63, 3.8) is 0 Å². The van der Waals surface area contributed by atoms with E-state index in [0.29, 0.717) is 5.56 Å². The van der Waals surface area contributed by atoms with Gasteiger partial charge in [-0.25, -0.2) is 4.79 Å². The number of hydrogen-bond acceptors (Lipinski definition) is 3. The lowest BCUT2D eigenvalue weighted by Gasteiger charge is -2.26. The zero-order chi connectivity index (χ0) is 16.4. The van der Waals surface area contributed by atoms with Gasteiger partial charge >= 0.3 is 5.97 Å². The number of aromatic nitrogens is 2. The molecule has 1 aliphatic carbocycles. The second-order valence-corrected chi connectivity index (χ2v) is 6.02. The maximum atomic E-state index is 12.8. The highest BCUT2D eigenvalue weighted by Crippen LogP contribution is 2.31. The van der Waals surface area contributed by atoms with Crippen LogP contribution in [0, 0.1) is 6.92 Å². The third-order valence-corrected chi connectivity index (χ3v) is 4.51. The maximum Gasteiger partial charge on any atom is 0.326 e. The van der Waals surface area contributed by atoms with Crippen molar-refractivity contribution in [1.29, 1.82) is 0 Å². The highest BCUT2D eigenvalue weighted by Gasteiger charge is 2.39. The fourth-order valence-electron chi connectivity index (χ4n) is 2.90. The van der Waals surface area contributed by atoms with E-state index in [1.807, 2.05) is 11.6 Å². The van der Waals surface area contributed by atoms with Crippen molar-refractivity contribution in [1.82, 2.24) is 14.7 Å². The summed E-state index contributed by atoms with van der Waals surface area (Å²) in [7, 11) is 0. The predicted molar refractivity (Wildman–Crippen MR) is 82.9 cm³/mol. The van der Waals surface area contributed by atoms with E-state index in [1.54, 1.807) is 13.1 Å². The van der Waals surface area contributed by atoms with E-state index >= 15 is 0 Å². The molecule has 0 radical (unpaired) electrons. The van der Waals surface area contributed by atoms with Crippen LogP contribution in [0.5, 0.6) is 0 Å². The molecule has 122 valence electrons. The Bertz CT molecular complexity index is 559. The molecule has 1 atom stereocenters. The first-order valence-corrected chi connectivity index (χ1v) is 8.01. The van der Waals surface area contributed by atoms with E-state index in [1.165, 1.54) is 4.90 Å². The fourth-order valence-corrected chi connectivity index (χ4v) is 2.90. The summed E-state index contributed by atoms with van der Waals surface area (Å²) in [6, 6.07) is -0.488. The lowest BCUT2D eigenvalue weighted by atomic mass is 10.1. The Kier molecular flexibility index (Phi) is 4.88. The van der Waals surface area contributed by atoms with Crippen molar-refractivity contribution in [3.05, 3.63) is 17.5 Å². The number of carboxylic acids is 1. The second kappa shape index (κ2) is 6.50. The van der Waals surface area contributed by atoms with Crippen LogP contribution < -0.4 is 0 Å². The van der Waals surface area contributed by atoms with Crippen LogP contribution in [-0.4, -0.2) is 43.7 Å². The smallest absolute Gasteiger partial charge is 0.326 e. The Morgan fingerprint density at radius 1 is 1.41 bits per heavy atom. The van der Waals surface area contributed by atoms with Crippen LogP contribution in [0.3, 0.4) is 0 Å². The number of nitrogens with zero attached hydrogens (tertiary/aromatic N) is 3. The molecular formula is C16H25N3O3. The van der Waals surface area contributed by atoms with E-state index < -0.39 is 12.0 Å². The summed E-state index contributed by atoms with van der Waals surface area (Å²) in [6.45, 7) is 7.65. The lowest BCUT2D eigenvalue weighted by molar-refractivity contribution is -0.141. The molecular weight excluding hydrogens is 282 g/mol. The van der Waals surface area contributed by atoms with Gasteiger partial charge in [0.15, 0.2) is 0 Å². The second-order valence-electron chi connectivity index (χ2n) is 6.02. The lowest BCUT2D eigenvalue weighted by Crippen LogP contribution is -2.44. The van der Waals surface area contributed by atoms with E-state index in [0.717, 1.165) is 31.4 Å². The van der Waals surface area contributed by atoms with Gasteiger partial charge in [0.1, 0.15) is 6.04 Å². The predicted octanol–water partition coefficient (Wildman–Crippen LogP) is 2.63. The summed E-state index contributed by atoms with van der Waals surface area (Å²) < 4.78 is 1.89. The Balaban J connectivity index is 2.30. The number of hydrogen-bond donors (Lipinski definition) is 1. The molecule has 6 heteroatoms. The number of carbonyl (C=O) groups excluding carboxylic acids is 1. The summed E-state index contributed by atoms with van der Waals surface area (Å²) in [6.07, 6.45) is 5.24. The molecule has 0 saturated heterocycles. The van der Waals surface area contributed by atoms with Crippen molar-refractivity contribution in [2.75, 3.05) is 0 Å². The first-order chi connectivity index (χ1) is 10.4. The van der Waals surface area contributed by atoms with Crippen LogP contribution >= 0.6 is 0 Å². The molecule has 0 aromatic carbocycles. The zero-order valence-corrected chi connectivity index (χ0v) is 13.7. The zero-order valence-electron chi connectivity index (χ0n) is 13.7. The van der Waals surface area contributed by atoms with Gasteiger partial charge < -0.3 is 10.0 Å². The molecule has 1 aromatic rings. The average Bonchev–Trinajstić information content (AvgIpc) is 3.24. The van der Waals surface area contributed by atoms with Gasteiger partial charge in [-0.05, 0) is 39.5 Å². The molecule has 1 heterocycles. The molecule has 1 fully saturated rings. The minimum atomic E-state index is -0.967. The molecule has 22 heavy (non-hydrogen) atoms. The molecule has 0 aliphatic heterocycles. The molecule has 2 rings (SSSR count). The third-order valence-electron chi connectivity index (χ3n) is 4.51. The van der Waals surface area contributed by atoms with E-state index in [4.69, 9.17) is 0 Å². The number of carboxylic acid groups (broad SMARTS) is 1. The average molecular weight is 307 g/mol. The number of carbonyl (C=O) groups is 2. The minimum absolute atomic E-state index is 0.0505. The van der Waals surface area contributed by atoms with Crippen molar-refractivity contribution in [3.8, 4) is 0 Å². The standard InChI is InChI=1S/C16H25N3O3/c1-5-12(6-2)19-10(3)14(9-17-19)15(20)18(13-7-8-13)11(4)16(21)22/h9,11-13H,5-8H2,1-4H3,(H,21,22). The Labute approximate surface area is 131 Å². The summed E-state index contributed by atoms with van der Waals surface area (Å²) in [5, 5.41) is 13.6. The topological polar surface area (TPSA) is 75.4 Å². The quantitative estimate of drug-likeness (QED) is 0.840. The van der Waals surface area contributed by atoms with Gasteiger partial charge in [0.05, 0.1) is 17.8 Å². The van der Waals surface area contributed by atoms with Crippen LogP contribution in [-0.2, 0) is 4.79 Å². The number of rotatable bonds is 7. The SMILES string of the molecule is CCC(CC)n1ncc(C(=O)N(C2CC2)C(C)C(=O)O)c1C. The van der Waals surface area contributed by atoms with E-state index in [-0.39, 0.29) is 18.0 Å². The third kappa shape index (κ3) is 3.00. The molecule has 1 aliphatic rings. The first kappa shape index (κ1) is 16.5. The van der Waals surface area contributed by atoms with Gasteiger partial charge in [-0.1, -0.05) is 13.8 Å². The van der Waals surface area contributed by atoms with Gasteiger partial charge in [0.2, 0.25) is 0 Å². The largest absolute Gasteiger partial charge is 0.480 e.